The molecule has 6 nitrogen and oxygen atoms in total. The number of nitrogens with one attached hydrogen (secondary N) is 3. The van der Waals surface area contributed by atoms with E-state index in [0.29, 0.717) is 11.9 Å². The van der Waals surface area contributed by atoms with Gasteiger partial charge in [0.2, 0.25) is 5.89 Å². The van der Waals surface area contributed by atoms with Crippen LogP contribution in [0, 0.1) is 0 Å². The van der Waals surface area contributed by atoms with Crippen molar-refractivity contribution in [3.05, 3.63) is 42.1 Å². The van der Waals surface area contributed by atoms with Crippen LogP contribution in [0.25, 0.3) is 0 Å². The zero-order valence-corrected chi connectivity index (χ0v) is 15.2. The largest absolute Gasteiger partial charge is 0.443 e. The van der Waals surface area contributed by atoms with Crippen molar-refractivity contribution in [1.29, 1.82) is 0 Å². The van der Waals surface area contributed by atoms with Crippen molar-refractivity contribution in [2.75, 3.05) is 10.6 Å². The third kappa shape index (κ3) is 4.75. The highest BCUT2D eigenvalue weighted by molar-refractivity contribution is 5.89. The molecule has 1 heterocycles. The van der Waals surface area contributed by atoms with E-state index >= 15 is 0 Å². The van der Waals surface area contributed by atoms with Gasteiger partial charge in [-0.3, -0.25) is 0 Å². The molecule has 0 saturated heterocycles. The van der Waals surface area contributed by atoms with Crippen molar-refractivity contribution < 1.29 is 9.21 Å². The fourth-order valence-corrected chi connectivity index (χ4v) is 2.38. The van der Waals surface area contributed by atoms with Crippen LogP contribution in [-0.2, 0) is 5.41 Å². The Labute approximate surface area is 148 Å². The average Bonchev–Trinajstić information content (AvgIpc) is 3.18. The first-order valence-electron chi connectivity index (χ1n) is 8.71. The van der Waals surface area contributed by atoms with E-state index in [1.807, 2.05) is 31.2 Å². The lowest BCUT2D eigenvalue weighted by Gasteiger charge is -2.15. The molecule has 134 valence electrons. The maximum atomic E-state index is 11.7. The molecular weight excluding hydrogens is 316 g/mol. The quantitative estimate of drug-likeness (QED) is 0.751. The molecule has 1 aliphatic carbocycles. The standard InChI is InChI=1S/C19H26N4O2/c1-12(17-20-11-16(25-17)19(2,3)4)21-13-5-7-14(8-6-13)22-18(24)23-15-9-10-15/h5-8,11-12,15,21H,9-10H2,1-4H3,(H2,22,23,24). The molecule has 0 aliphatic heterocycles. The summed E-state index contributed by atoms with van der Waals surface area (Å²) in [6.45, 7) is 8.30. The van der Waals surface area contributed by atoms with Crippen LogP contribution in [0.5, 0.6) is 0 Å². The van der Waals surface area contributed by atoms with Crippen molar-refractivity contribution in [2.24, 2.45) is 0 Å². The van der Waals surface area contributed by atoms with Crippen LogP contribution in [0.4, 0.5) is 16.2 Å². The molecule has 0 radical (unpaired) electrons. The van der Waals surface area contributed by atoms with E-state index in [2.05, 4.69) is 41.7 Å². The number of amides is 2. The normalized spacial score (nSPS) is 15.5. The molecule has 1 unspecified atom stereocenters. The van der Waals surface area contributed by atoms with Gasteiger partial charge in [-0.2, -0.15) is 0 Å². The molecule has 2 amide bonds. The van der Waals surface area contributed by atoms with Crippen molar-refractivity contribution in [3.63, 3.8) is 0 Å². The lowest BCUT2D eigenvalue weighted by atomic mass is 9.94. The van der Waals surface area contributed by atoms with Crippen LogP contribution in [0.1, 0.15) is 58.2 Å². The van der Waals surface area contributed by atoms with Crippen molar-refractivity contribution in [2.45, 2.75) is 58.0 Å². The Morgan fingerprint density at radius 3 is 2.40 bits per heavy atom. The Kier molecular flexibility index (Phi) is 4.70. The SMILES string of the molecule is CC(Nc1ccc(NC(=O)NC2CC2)cc1)c1ncc(C(C)(C)C)o1. The number of hydrogen-bond donors (Lipinski definition) is 3. The molecular formula is C19H26N4O2. The zero-order chi connectivity index (χ0) is 18.0. The third-order valence-electron chi connectivity index (χ3n) is 4.07. The molecule has 0 bridgehead atoms. The van der Waals surface area contributed by atoms with Crippen molar-refractivity contribution in [3.8, 4) is 0 Å². The maximum Gasteiger partial charge on any atom is 0.319 e. The molecule has 1 atom stereocenters. The topological polar surface area (TPSA) is 79.2 Å². The van der Waals surface area contributed by atoms with Crippen LogP contribution >= 0.6 is 0 Å². The summed E-state index contributed by atoms with van der Waals surface area (Å²) >= 11 is 0. The minimum absolute atomic E-state index is 0.0481. The van der Waals surface area contributed by atoms with Gasteiger partial charge in [-0.05, 0) is 44.0 Å². The number of nitrogens with zero attached hydrogens (tertiary/aromatic N) is 1. The predicted molar refractivity (Wildman–Crippen MR) is 98.9 cm³/mol. The number of aromatic nitrogens is 1. The highest BCUT2D eigenvalue weighted by Gasteiger charge is 2.23. The summed E-state index contributed by atoms with van der Waals surface area (Å²) in [7, 11) is 0. The first kappa shape index (κ1) is 17.3. The molecule has 6 heteroatoms. The van der Waals surface area contributed by atoms with E-state index in [1.165, 1.54) is 0 Å². The van der Waals surface area contributed by atoms with Gasteiger partial charge in [-0.1, -0.05) is 20.8 Å². The van der Waals surface area contributed by atoms with Crippen LogP contribution in [-0.4, -0.2) is 17.1 Å². The summed E-state index contributed by atoms with van der Waals surface area (Å²) in [5, 5.41) is 9.10. The Bertz CT molecular complexity index is 727. The van der Waals surface area contributed by atoms with Crippen LogP contribution in [0.15, 0.2) is 34.9 Å². The van der Waals surface area contributed by atoms with E-state index in [9.17, 15) is 4.79 Å². The van der Waals surface area contributed by atoms with Gasteiger partial charge in [0.15, 0.2) is 0 Å². The number of carbonyl (C=O) groups is 1. The summed E-state index contributed by atoms with van der Waals surface area (Å²) < 4.78 is 5.86. The van der Waals surface area contributed by atoms with E-state index < -0.39 is 0 Å². The van der Waals surface area contributed by atoms with Gasteiger partial charge in [0.25, 0.3) is 0 Å². The molecule has 1 fully saturated rings. The number of oxazole rings is 1. The van der Waals surface area contributed by atoms with E-state index in [-0.39, 0.29) is 17.5 Å². The Morgan fingerprint density at radius 1 is 1.20 bits per heavy atom. The Balaban J connectivity index is 1.56. The fourth-order valence-electron chi connectivity index (χ4n) is 2.38. The van der Waals surface area contributed by atoms with Gasteiger partial charge < -0.3 is 20.4 Å². The van der Waals surface area contributed by atoms with Gasteiger partial charge in [-0.15, -0.1) is 0 Å². The average molecular weight is 342 g/mol. The lowest BCUT2D eigenvalue weighted by Crippen LogP contribution is -2.30. The summed E-state index contributed by atoms with van der Waals surface area (Å²) in [6, 6.07) is 7.75. The minimum Gasteiger partial charge on any atom is -0.443 e. The molecule has 3 rings (SSSR count). The van der Waals surface area contributed by atoms with Crippen LogP contribution < -0.4 is 16.0 Å². The zero-order valence-electron chi connectivity index (χ0n) is 15.2. The predicted octanol–water partition coefficient (Wildman–Crippen LogP) is 4.43. The second-order valence-corrected chi connectivity index (χ2v) is 7.63. The number of anilines is 2. The monoisotopic (exact) mass is 342 g/mol. The lowest BCUT2D eigenvalue weighted by molar-refractivity contribution is 0.251. The number of rotatable bonds is 5. The summed E-state index contributed by atoms with van der Waals surface area (Å²) in [5.41, 5.74) is 1.65. The molecule has 2 aromatic rings. The van der Waals surface area contributed by atoms with Gasteiger partial charge in [0, 0.05) is 22.8 Å². The number of urea groups is 1. The molecule has 25 heavy (non-hydrogen) atoms. The number of carbonyl (C=O) groups excluding carboxylic acids is 1. The second kappa shape index (κ2) is 6.78. The molecule has 1 aromatic carbocycles. The fraction of sp³-hybridized carbons (Fsp3) is 0.474. The molecule has 1 aliphatic rings. The Hall–Kier alpha value is -2.50. The highest BCUT2D eigenvalue weighted by Crippen LogP contribution is 2.26. The minimum atomic E-state index is -0.147. The molecule has 0 spiro atoms. The van der Waals surface area contributed by atoms with E-state index in [4.69, 9.17) is 4.42 Å². The first-order chi connectivity index (χ1) is 11.8. The summed E-state index contributed by atoms with van der Waals surface area (Å²) in [6.07, 6.45) is 3.94. The highest BCUT2D eigenvalue weighted by atomic mass is 16.4. The first-order valence-corrected chi connectivity index (χ1v) is 8.71. The van der Waals surface area contributed by atoms with E-state index in [1.54, 1.807) is 6.20 Å². The van der Waals surface area contributed by atoms with Crippen LogP contribution in [0.3, 0.4) is 0 Å². The number of benzene rings is 1. The van der Waals surface area contributed by atoms with Gasteiger partial charge in [-0.25, -0.2) is 9.78 Å². The third-order valence-corrected chi connectivity index (χ3v) is 4.07. The van der Waals surface area contributed by atoms with E-state index in [0.717, 1.165) is 30.0 Å². The van der Waals surface area contributed by atoms with Gasteiger partial charge >= 0.3 is 6.03 Å². The van der Waals surface area contributed by atoms with Gasteiger partial charge in [0.1, 0.15) is 11.8 Å². The summed E-state index contributed by atoms with van der Waals surface area (Å²) in [4.78, 5) is 16.1. The maximum absolute atomic E-state index is 11.7. The molecule has 1 saturated carbocycles. The number of hydrogen-bond acceptors (Lipinski definition) is 4. The van der Waals surface area contributed by atoms with Gasteiger partial charge in [0.05, 0.1) is 6.20 Å². The van der Waals surface area contributed by atoms with Crippen LogP contribution in [0.2, 0.25) is 0 Å². The smallest absolute Gasteiger partial charge is 0.319 e. The van der Waals surface area contributed by atoms with Crippen molar-refractivity contribution >= 4 is 17.4 Å². The second-order valence-electron chi connectivity index (χ2n) is 7.63. The Morgan fingerprint density at radius 2 is 1.84 bits per heavy atom. The molecule has 1 aromatic heterocycles. The van der Waals surface area contributed by atoms with Crippen molar-refractivity contribution in [1.82, 2.24) is 10.3 Å². The summed E-state index contributed by atoms with van der Waals surface area (Å²) in [5.74, 6) is 1.54. The molecule has 3 N–H and O–H groups in total.